The molecule has 30 heavy (non-hydrogen) atoms. The molecule has 15 heteroatoms. The van der Waals surface area contributed by atoms with Crippen molar-refractivity contribution < 1.29 is 50.4 Å². The predicted molar refractivity (Wildman–Crippen MR) is 104 cm³/mol. The molecule has 0 aliphatic rings. The Kier molecular flexibility index (Phi) is 10.3. The van der Waals surface area contributed by atoms with Crippen molar-refractivity contribution in [3.05, 3.63) is 35.4 Å². The molecular formula is C15H14Na2O11S2. The number of carbonyl (C=O) groups excluding carboxylic acids is 1. The van der Waals surface area contributed by atoms with Gasteiger partial charge in [-0.1, -0.05) is 0 Å². The number of methoxy groups -OCH3 is 2. The van der Waals surface area contributed by atoms with Crippen molar-refractivity contribution in [1.82, 2.24) is 0 Å². The Morgan fingerprint density at radius 1 is 0.733 bits per heavy atom. The van der Waals surface area contributed by atoms with E-state index in [0.717, 1.165) is 26.4 Å². The van der Waals surface area contributed by atoms with Crippen LogP contribution in [0.4, 0.5) is 0 Å². The maximum absolute atomic E-state index is 12.9. The standard InChI is InChI=1S/C15H14O11S2.2Na/c1-25-11-5-7(16)3-9(14(11)27(19,20)21)13(18)10-4-8(17)6-12(26-2)15(10)28(22,23)24;;/h3-6,16-17H,1-2H3,(H,19,20,21)(H,22,23,24);;. The third kappa shape index (κ3) is 6.09. The Bertz CT molecular complexity index is 1080. The molecular weight excluding hydrogens is 466 g/mol. The number of phenolic OH excluding ortho intramolecular Hbond substituents is 2. The fraction of sp³-hybridized carbons (Fsp3) is 0.133. The summed E-state index contributed by atoms with van der Waals surface area (Å²) in [7, 11) is -8.17. The van der Waals surface area contributed by atoms with Crippen molar-refractivity contribution in [2.75, 3.05) is 14.2 Å². The molecule has 0 aliphatic carbocycles. The summed E-state index contributed by atoms with van der Waals surface area (Å²) < 4.78 is 75.5. The summed E-state index contributed by atoms with van der Waals surface area (Å²) in [5.41, 5.74) is -1.76. The minimum Gasteiger partial charge on any atom is -0.508 e. The van der Waals surface area contributed by atoms with E-state index < -0.39 is 69.9 Å². The van der Waals surface area contributed by atoms with Crippen LogP contribution in [0.15, 0.2) is 34.1 Å². The van der Waals surface area contributed by atoms with Crippen LogP contribution >= 0.6 is 0 Å². The molecule has 0 bridgehead atoms. The van der Waals surface area contributed by atoms with Crippen LogP contribution in [0.1, 0.15) is 15.9 Å². The molecule has 0 saturated carbocycles. The van der Waals surface area contributed by atoms with E-state index in [0.29, 0.717) is 12.1 Å². The molecule has 0 spiro atoms. The quantitative estimate of drug-likeness (QED) is 0.249. The smallest absolute Gasteiger partial charge is 0.298 e. The molecule has 4 N–H and O–H groups in total. The van der Waals surface area contributed by atoms with Gasteiger partial charge < -0.3 is 19.7 Å². The van der Waals surface area contributed by atoms with Gasteiger partial charge in [0, 0.05) is 71.2 Å². The van der Waals surface area contributed by atoms with E-state index >= 15 is 0 Å². The summed E-state index contributed by atoms with van der Waals surface area (Å²) in [6.07, 6.45) is 0. The summed E-state index contributed by atoms with van der Waals surface area (Å²) >= 11 is 0. The maximum Gasteiger partial charge on any atom is 0.298 e. The number of ether oxygens (including phenoxy) is 2. The molecule has 0 aromatic heterocycles. The third-order valence-corrected chi connectivity index (χ3v) is 5.40. The average Bonchev–Trinajstić information content (AvgIpc) is 2.57. The van der Waals surface area contributed by atoms with E-state index in [1.54, 1.807) is 0 Å². The number of hydrogen-bond donors (Lipinski definition) is 4. The molecule has 2 aromatic carbocycles. The molecule has 2 radical (unpaired) electrons. The van der Waals surface area contributed by atoms with Crippen molar-refractivity contribution >= 4 is 85.1 Å². The normalized spacial score (nSPS) is 11.1. The second-order valence-corrected chi connectivity index (χ2v) is 8.05. The van der Waals surface area contributed by atoms with E-state index in [1.165, 1.54) is 0 Å². The van der Waals surface area contributed by atoms with Gasteiger partial charge in [0.15, 0.2) is 5.78 Å². The Labute approximate surface area is 216 Å². The number of ketones is 1. The number of phenols is 2. The molecule has 0 aliphatic heterocycles. The molecule has 11 nitrogen and oxygen atoms in total. The summed E-state index contributed by atoms with van der Waals surface area (Å²) in [6.45, 7) is 0. The Balaban J connectivity index is 0.00000420. The Hall–Kier alpha value is -0.870. The van der Waals surface area contributed by atoms with Crippen LogP contribution in [0, 0.1) is 0 Å². The first kappa shape index (κ1) is 29.1. The van der Waals surface area contributed by atoms with E-state index in [-0.39, 0.29) is 59.1 Å². The van der Waals surface area contributed by atoms with Gasteiger partial charge in [0.05, 0.1) is 25.3 Å². The van der Waals surface area contributed by atoms with Gasteiger partial charge in [-0.15, -0.1) is 0 Å². The van der Waals surface area contributed by atoms with Gasteiger partial charge in [0.2, 0.25) is 0 Å². The van der Waals surface area contributed by atoms with Crippen LogP contribution < -0.4 is 9.47 Å². The molecule has 0 unspecified atom stereocenters. The van der Waals surface area contributed by atoms with E-state index in [9.17, 15) is 40.9 Å². The first-order valence-corrected chi connectivity index (χ1v) is 10.0. The number of rotatable bonds is 6. The monoisotopic (exact) mass is 480 g/mol. The van der Waals surface area contributed by atoms with Crippen LogP contribution in [0.5, 0.6) is 23.0 Å². The predicted octanol–water partition coefficient (Wildman–Crippen LogP) is 0.0778. The maximum atomic E-state index is 12.9. The average molecular weight is 480 g/mol. The van der Waals surface area contributed by atoms with Crippen LogP contribution in [-0.4, -0.2) is 115 Å². The summed E-state index contributed by atoms with van der Waals surface area (Å²) in [5, 5.41) is 19.5. The van der Waals surface area contributed by atoms with E-state index in [4.69, 9.17) is 9.47 Å². The Morgan fingerprint density at radius 2 is 1.03 bits per heavy atom. The summed E-state index contributed by atoms with van der Waals surface area (Å²) in [4.78, 5) is 10.8. The fourth-order valence-electron chi connectivity index (χ4n) is 2.49. The second kappa shape index (κ2) is 10.6. The molecule has 0 amide bonds. The van der Waals surface area contributed by atoms with Crippen molar-refractivity contribution in [2.24, 2.45) is 0 Å². The largest absolute Gasteiger partial charge is 0.508 e. The fourth-order valence-corrected chi connectivity index (χ4v) is 4.15. The molecule has 0 atom stereocenters. The van der Waals surface area contributed by atoms with Gasteiger partial charge in [-0.25, -0.2) is 0 Å². The number of hydrogen-bond acceptors (Lipinski definition) is 9. The molecule has 0 heterocycles. The molecule has 2 aromatic rings. The van der Waals surface area contributed by atoms with Gasteiger partial charge in [-0.3, -0.25) is 13.9 Å². The Morgan fingerprint density at radius 3 is 1.27 bits per heavy atom. The van der Waals surface area contributed by atoms with Crippen molar-refractivity contribution in [2.45, 2.75) is 9.79 Å². The van der Waals surface area contributed by atoms with Crippen LogP contribution in [0.25, 0.3) is 0 Å². The molecule has 0 fully saturated rings. The molecule has 2 rings (SSSR count). The van der Waals surface area contributed by atoms with Crippen molar-refractivity contribution in [3.8, 4) is 23.0 Å². The van der Waals surface area contributed by atoms with Gasteiger partial charge in [0.25, 0.3) is 20.2 Å². The zero-order valence-electron chi connectivity index (χ0n) is 16.3. The van der Waals surface area contributed by atoms with Crippen molar-refractivity contribution in [1.29, 1.82) is 0 Å². The summed E-state index contributed by atoms with van der Waals surface area (Å²) in [6, 6.07) is 2.87. The number of carbonyl (C=O) groups is 1. The topological polar surface area (TPSA) is 185 Å². The van der Waals surface area contributed by atoms with Crippen LogP contribution in [0.2, 0.25) is 0 Å². The van der Waals surface area contributed by atoms with Gasteiger partial charge in [-0.05, 0) is 12.1 Å². The second-order valence-electron chi connectivity index (χ2n) is 5.33. The first-order chi connectivity index (χ1) is 12.8. The van der Waals surface area contributed by atoms with E-state index in [2.05, 4.69) is 0 Å². The number of aromatic hydroxyl groups is 2. The number of benzene rings is 2. The van der Waals surface area contributed by atoms with Gasteiger partial charge >= 0.3 is 0 Å². The zero-order chi connectivity index (χ0) is 21.4. The minimum absolute atomic E-state index is 0. The minimum atomic E-state index is -5.08. The molecule has 0 saturated heterocycles. The summed E-state index contributed by atoms with van der Waals surface area (Å²) in [5.74, 6) is -3.89. The zero-order valence-corrected chi connectivity index (χ0v) is 21.9. The van der Waals surface area contributed by atoms with Crippen molar-refractivity contribution in [3.63, 3.8) is 0 Å². The molecule has 154 valence electrons. The first-order valence-electron chi connectivity index (χ1n) is 7.13. The van der Waals surface area contributed by atoms with E-state index in [1.807, 2.05) is 0 Å². The van der Waals surface area contributed by atoms with Gasteiger partial charge in [0.1, 0.15) is 32.8 Å². The van der Waals surface area contributed by atoms with Gasteiger partial charge in [-0.2, -0.15) is 16.8 Å². The third-order valence-electron chi connectivity index (χ3n) is 3.52. The SMILES string of the molecule is COc1cc(O)cc(C(=O)c2cc(O)cc(OC)c2S(=O)(=O)O)c1S(=O)(=O)O.[Na].[Na]. The van der Waals surface area contributed by atoms with Crippen LogP contribution in [0.3, 0.4) is 0 Å². The van der Waals surface area contributed by atoms with Crippen LogP contribution in [-0.2, 0) is 20.2 Å².